The molecular weight excluding hydrogens is 250 g/mol. The minimum Gasteiger partial charge on any atom is -0.494 e. The van der Waals surface area contributed by atoms with E-state index >= 15 is 0 Å². The van der Waals surface area contributed by atoms with Crippen LogP contribution in [-0.4, -0.2) is 23.4 Å². The Labute approximate surface area is 111 Å². The van der Waals surface area contributed by atoms with Crippen molar-refractivity contribution >= 4 is 23.4 Å². The molecule has 0 spiro atoms. The van der Waals surface area contributed by atoms with Crippen molar-refractivity contribution in [2.45, 2.75) is 18.7 Å². The number of anilines is 1. The summed E-state index contributed by atoms with van der Waals surface area (Å²) in [4.78, 5) is 11.4. The van der Waals surface area contributed by atoms with E-state index in [4.69, 9.17) is 15.6 Å². The molecule has 0 aliphatic carbocycles. The summed E-state index contributed by atoms with van der Waals surface area (Å²) in [6, 6.07) is 5.49. The number of ether oxygens (including phenoxy) is 1. The van der Waals surface area contributed by atoms with Crippen molar-refractivity contribution < 1.29 is 14.6 Å². The lowest BCUT2D eigenvalue weighted by Crippen LogP contribution is -1.95. The van der Waals surface area contributed by atoms with Gasteiger partial charge in [0.2, 0.25) is 0 Å². The second kappa shape index (κ2) is 6.96. The second-order valence-electron chi connectivity index (χ2n) is 3.75. The van der Waals surface area contributed by atoms with E-state index in [1.165, 1.54) is 17.8 Å². The predicted molar refractivity (Wildman–Crippen MR) is 74.1 cm³/mol. The van der Waals surface area contributed by atoms with Gasteiger partial charge >= 0.3 is 5.97 Å². The molecule has 4 nitrogen and oxygen atoms in total. The molecule has 0 unspecified atom stereocenters. The Morgan fingerprint density at radius 1 is 1.56 bits per heavy atom. The molecule has 18 heavy (non-hydrogen) atoms. The van der Waals surface area contributed by atoms with E-state index in [1.807, 2.05) is 19.1 Å². The number of rotatable bonds is 6. The van der Waals surface area contributed by atoms with Crippen LogP contribution in [0, 0.1) is 0 Å². The van der Waals surface area contributed by atoms with Gasteiger partial charge in [-0.05, 0) is 32.0 Å². The first-order chi connectivity index (χ1) is 8.52. The average Bonchev–Trinajstić information content (AvgIpc) is 2.29. The summed E-state index contributed by atoms with van der Waals surface area (Å²) in [6.45, 7) is 4.30. The molecule has 0 aliphatic rings. The Morgan fingerprint density at radius 2 is 2.28 bits per heavy atom. The molecule has 0 saturated heterocycles. The zero-order valence-electron chi connectivity index (χ0n) is 10.5. The monoisotopic (exact) mass is 267 g/mol. The number of thioether (sulfide) groups is 1. The maximum atomic E-state index is 10.5. The van der Waals surface area contributed by atoms with Crippen molar-refractivity contribution in [1.82, 2.24) is 0 Å². The first-order valence-electron chi connectivity index (χ1n) is 5.58. The molecule has 1 aromatic rings. The molecule has 0 saturated carbocycles. The smallest absolute Gasteiger partial charge is 0.328 e. The van der Waals surface area contributed by atoms with Gasteiger partial charge in [-0.15, -0.1) is 11.8 Å². The topological polar surface area (TPSA) is 72.5 Å². The molecule has 0 atom stereocenters. The van der Waals surface area contributed by atoms with Gasteiger partial charge < -0.3 is 15.6 Å². The molecule has 3 N–H and O–H groups in total. The number of hydrogen-bond acceptors (Lipinski definition) is 4. The highest BCUT2D eigenvalue weighted by Crippen LogP contribution is 2.30. The highest BCUT2D eigenvalue weighted by Gasteiger charge is 2.04. The van der Waals surface area contributed by atoms with Crippen molar-refractivity contribution in [3.63, 3.8) is 0 Å². The lowest BCUT2D eigenvalue weighted by molar-refractivity contribution is -0.131. The number of carboxylic acids is 1. The SMILES string of the molecule is CCOc1ccc(N)c(SCC(C)=CC(=O)O)c1. The summed E-state index contributed by atoms with van der Waals surface area (Å²) in [6.07, 6.45) is 1.20. The fourth-order valence-electron chi connectivity index (χ4n) is 1.34. The van der Waals surface area contributed by atoms with Gasteiger partial charge in [-0.2, -0.15) is 0 Å². The summed E-state index contributed by atoms with van der Waals surface area (Å²) in [5.74, 6) is 0.435. The van der Waals surface area contributed by atoms with Gasteiger partial charge in [0.1, 0.15) is 5.75 Å². The van der Waals surface area contributed by atoms with E-state index in [-0.39, 0.29) is 0 Å². The highest BCUT2D eigenvalue weighted by molar-refractivity contribution is 7.99. The molecule has 0 amide bonds. The summed E-state index contributed by atoms with van der Waals surface area (Å²) in [5, 5.41) is 8.62. The quantitative estimate of drug-likeness (QED) is 0.471. The molecule has 5 heteroatoms. The van der Waals surface area contributed by atoms with E-state index < -0.39 is 5.97 Å². The Bertz CT molecular complexity index is 458. The molecule has 0 radical (unpaired) electrons. The Morgan fingerprint density at radius 3 is 2.89 bits per heavy atom. The number of carbonyl (C=O) groups is 1. The lowest BCUT2D eigenvalue weighted by Gasteiger charge is -2.09. The molecule has 1 aromatic carbocycles. The van der Waals surface area contributed by atoms with Crippen LogP contribution in [0.5, 0.6) is 5.75 Å². The van der Waals surface area contributed by atoms with Gasteiger partial charge in [0, 0.05) is 22.4 Å². The van der Waals surface area contributed by atoms with Gasteiger partial charge in [0.15, 0.2) is 0 Å². The summed E-state index contributed by atoms with van der Waals surface area (Å²) in [5.41, 5.74) is 7.32. The number of carboxylic acid groups (broad SMARTS) is 1. The third-order valence-corrected chi connectivity index (χ3v) is 3.39. The third kappa shape index (κ3) is 4.71. The standard InChI is InChI=1S/C13H17NO3S/c1-3-17-10-4-5-11(14)12(7-10)18-8-9(2)6-13(15)16/h4-7H,3,8,14H2,1-2H3,(H,15,16). The van der Waals surface area contributed by atoms with E-state index in [1.54, 1.807) is 13.0 Å². The summed E-state index contributed by atoms with van der Waals surface area (Å²) in [7, 11) is 0. The fraction of sp³-hybridized carbons (Fsp3) is 0.308. The van der Waals surface area contributed by atoms with Crippen molar-refractivity contribution in [2.24, 2.45) is 0 Å². The number of hydrogen-bond donors (Lipinski definition) is 2. The van der Waals surface area contributed by atoms with Crippen LogP contribution in [-0.2, 0) is 4.79 Å². The van der Waals surface area contributed by atoms with E-state index in [2.05, 4.69) is 0 Å². The fourth-order valence-corrected chi connectivity index (χ4v) is 2.24. The van der Waals surface area contributed by atoms with Gasteiger partial charge in [0.25, 0.3) is 0 Å². The van der Waals surface area contributed by atoms with Crippen LogP contribution in [0.4, 0.5) is 5.69 Å². The zero-order valence-corrected chi connectivity index (χ0v) is 11.3. The minimum absolute atomic E-state index is 0.589. The number of aliphatic carboxylic acids is 1. The van der Waals surface area contributed by atoms with Crippen molar-refractivity contribution in [3.05, 3.63) is 29.8 Å². The molecular formula is C13H17NO3S. The van der Waals surface area contributed by atoms with E-state index in [0.717, 1.165) is 16.2 Å². The molecule has 0 aliphatic heterocycles. The van der Waals surface area contributed by atoms with Crippen molar-refractivity contribution in [1.29, 1.82) is 0 Å². The first kappa shape index (κ1) is 14.4. The van der Waals surface area contributed by atoms with Crippen LogP contribution in [0.15, 0.2) is 34.7 Å². The minimum atomic E-state index is -0.927. The molecule has 0 aromatic heterocycles. The Hall–Kier alpha value is -1.62. The maximum absolute atomic E-state index is 10.5. The molecule has 0 fully saturated rings. The lowest BCUT2D eigenvalue weighted by atomic mass is 10.3. The zero-order chi connectivity index (χ0) is 13.5. The summed E-state index contributed by atoms with van der Waals surface area (Å²) >= 11 is 1.50. The third-order valence-electron chi connectivity index (χ3n) is 2.12. The van der Waals surface area contributed by atoms with E-state index in [0.29, 0.717) is 18.0 Å². The van der Waals surface area contributed by atoms with Crippen molar-refractivity contribution in [3.8, 4) is 5.75 Å². The van der Waals surface area contributed by atoms with Gasteiger partial charge in [-0.25, -0.2) is 4.79 Å². The average molecular weight is 267 g/mol. The van der Waals surface area contributed by atoms with Gasteiger partial charge in [-0.3, -0.25) is 0 Å². The van der Waals surface area contributed by atoms with E-state index in [9.17, 15) is 4.79 Å². The molecule has 0 bridgehead atoms. The second-order valence-corrected chi connectivity index (χ2v) is 4.77. The van der Waals surface area contributed by atoms with Gasteiger partial charge in [-0.1, -0.05) is 5.57 Å². The van der Waals surface area contributed by atoms with Crippen LogP contribution in [0.1, 0.15) is 13.8 Å². The summed E-state index contributed by atoms with van der Waals surface area (Å²) < 4.78 is 5.40. The molecule has 1 rings (SSSR count). The maximum Gasteiger partial charge on any atom is 0.328 e. The van der Waals surface area contributed by atoms with Crippen LogP contribution >= 0.6 is 11.8 Å². The number of benzene rings is 1. The van der Waals surface area contributed by atoms with Crippen LogP contribution in [0.2, 0.25) is 0 Å². The van der Waals surface area contributed by atoms with Crippen LogP contribution in [0.25, 0.3) is 0 Å². The van der Waals surface area contributed by atoms with Crippen molar-refractivity contribution in [2.75, 3.05) is 18.1 Å². The normalized spacial score (nSPS) is 11.3. The number of nitrogens with two attached hydrogens (primary N) is 1. The van der Waals surface area contributed by atoms with Gasteiger partial charge in [0.05, 0.1) is 6.61 Å². The highest BCUT2D eigenvalue weighted by atomic mass is 32.2. The van der Waals surface area contributed by atoms with Crippen LogP contribution in [0.3, 0.4) is 0 Å². The Balaban J connectivity index is 2.71. The predicted octanol–water partition coefficient (Wildman–Crippen LogP) is 2.79. The first-order valence-corrected chi connectivity index (χ1v) is 6.56. The largest absolute Gasteiger partial charge is 0.494 e. The molecule has 0 heterocycles. The number of nitrogen functional groups attached to an aromatic ring is 1. The molecule has 98 valence electrons. The van der Waals surface area contributed by atoms with Crippen LogP contribution < -0.4 is 10.5 Å². The Kier molecular flexibility index (Phi) is 5.58.